The van der Waals surface area contributed by atoms with Gasteiger partial charge in [-0.2, -0.15) is 5.26 Å². The van der Waals surface area contributed by atoms with E-state index in [1.54, 1.807) is 18.1 Å². The number of nitriles is 1. The molecule has 0 aromatic heterocycles. The van der Waals surface area contributed by atoms with Gasteiger partial charge in [-0.05, 0) is 42.3 Å². The molecule has 1 unspecified atom stereocenters. The summed E-state index contributed by atoms with van der Waals surface area (Å²) in [6.45, 7) is 3.07. The van der Waals surface area contributed by atoms with Gasteiger partial charge in [0.15, 0.2) is 0 Å². The van der Waals surface area contributed by atoms with E-state index in [2.05, 4.69) is 11.0 Å². The molecule has 0 radical (unpaired) electrons. The highest BCUT2D eigenvalue weighted by Crippen LogP contribution is 2.26. The quantitative estimate of drug-likeness (QED) is 0.746. The van der Waals surface area contributed by atoms with Gasteiger partial charge in [0.05, 0.1) is 13.2 Å². The van der Waals surface area contributed by atoms with Gasteiger partial charge in [0.2, 0.25) is 5.91 Å². The van der Waals surface area contributed by atoms with Crippen LogP contribution in [0.3, 0.4) is 0 Å². The highest BCUT2D eigenvalue weighted by Gasteiger charge is 2.28. The van der Waals surface area contributed by atoms with E-state index in [4.69, 9.17) is 4.74 Å². The summed E-state index contributed by atoms with van der Waals surface area (Å²) in [6.07, 6.45) is 1.42. The maximum Gasteiger partial charge on any atom is 0.254 e. The molecule has 4 rings (SSSR count). The zero-order valence-electron chi connectivity index (χ0n) is 17.7. The Balaban J connectivity index is 1.40. The van der Waals surface area contributed by atoms with Gasteiger partial charge < -0.3 is 14.5 Å². The van der Waals surface area contributed by atoms with Gasteiger partial charge in [-0.1, -0.05) is 18.2 Å². The standard InChI is InChI=1S/C24H26N4O3/c1-31-21-9-7-18(8-10-21)22(17-25)26-12-14-27(15-13-26)24(30)19-4-2-5-20(16-19)28-11-3-6-23(28)29/h2,4-5,7-10,16,22H,3,6,11-15H2,1H3. The Kier molecular flexibility index (Phi) is 6.19. The van der Waals surface area contributed by atoms with Crippen LogP contribution < -0.4 is 9.64 Å². The second-order valence-corrected chi connectivity index (χ2v) is 7.83. The minimum atomic E-state index is -0.354. The van der Waals surface area contributed by atoms with E-state index in [0.717, 1.165) is 23.4 Å². The maximum atomic E-state index is 13.1. The second-order valence-electron chi connectivity index (χ2n) is 7.83. The second kappa shape index (κ2) is 9.19. The van der Waals surface area contributed by atoms with Crippen molar-refractivity contribution in [2.24, 2.45) is 0 Å². The molecule has 7 heteroatoms. The van der Waals surface area contributed by atoms with Crippen molar-refractivity contribution in [2.75, 3.05) is 44.7 Å². The molecular weight excluding hydrogens is 392 g/mol. The SMILES string of the molecule is COc1ccc(C(C#N)N2CCN(C(=O)c3cccc(N4CCCC4=O)c3)CC2)cc1. The Bertz CT molecular complexity index is 991. The molecule has 2 aliphatic heterocycles. The first-order valence-corrected chi connectivity index (χ1v) is 10.6. The molecule has 0 N–H and O–H groups in total. The van der Waals surface area contributed by atoms with Crippen molar-refractivity contribution in [2.45, 2.75) is 18.9 Å². The molecule has 2 amide bonds. The number of carbonyl (C=O) groups is 2. The van der Waals surface area contributed by atoms with Crippen LogP contribution in [0.5, 0.6) is 5.75 Å². The predicted molar refractivity (Wildman–Crippen MR) is 117 cm³/mol. The summed E-state index contributed by atoms with van der Waals surface area (Å²) in [5.74, 6) is 0.833. The molecule has 0 saturated carbocycles. The fourth-order valence-electron chi connectivity index (χ4n) is 4.25. The van der Waals surface area contributed by atoms with Crippen molar-refractivity contribution in [1.29, 1.82) is 5.26 Å². The van der Waals surface area contributed by atoms with Crippen molar-refractivity contribution in [3.63, 3.8) is 0 Å². The lowest BCUT2D eigenvalue weighted by molar-refractivity contribution is -0.117. The van der Waals surface area contributed by atoms with Crippen molar-refractivity contribution >= 4 is 17.5 Å². The number of methoxy groups -OCH3 is 1. The average Bonchev–Trinajstić information content (AvgIpc) is 3.26. The Morgan fingerprint density at radius 1 is 1.06 bits per heavy atom. The number of carbonyl (C=O) groups excluding carboxylic acids is 2. The van der Waals surface area contributed by atoms with E-state index < -0.39 is 0 Å². The lowest BCUT2D eigenvalue weighted by Gasteiger charge is -2.37. The normalized spacial score (nSPS) is 18.0. The highest BCUT2D eigenvalue weighted by atomic mass is 16.5. The van der Waals surface area contributed by atoms with Crippen LogP contribution in [0, 0.1) is 11.3 Å². The molecule has 7 nitrogen and oxygen atoms in total. The number of hydrogen-bond donors (Lipinski definition) is 0. The molecule has 2 saturated heterocycles. The van der Waals surface area contributed by atoms with E-state index in [-0.39, 0.29) is 17.9 Å². The molecule has 0 bridgehead atoms. The minimum absolute atomic E-state index is 0.0360. The van der Waals surface area contributed by atoms with E-state index in [1.165, 1.54) is 0 Å². The van der Waals surface area contributed by atoms with Crippen LogP contribution in [0.4, 0.5) is 5.69 Å². The van der Waals surface area contributed by atoms with Crippen molar-refractivity contribution in [1.82, 2.24) is 9.80 Å². The van der Waals surface area contributed by atoms with Crippen LogP contribution in [0.1, 0.15) is 34.8 Å². The van der Waals surface area contributed by atoms with Crippen LogP contribution in [-0.2, 0) is 4.79 Å². The summed E-state index contributed by atoms with van der Waals surface area (Å²) >= 11 is 0. The molecule has 31 heavy (non-hydrogen) atoms. The van der Waals surface area contributed by atoms with Gasteiger partial charge in [0.25, 0.3) is 5.91 Å². The predicted octanol–water partition coefficient (Wildman–Crippen LogP) is 2.84. The number of rotatable bonds is 5. The Labute approximate surface area is 182 Å². The van der Waals surface area contributed by atoms with Crippen molar-refractivity contribution in [3.05, 3.63) is 59.7 Å². The first-order valence-electron chi connectivity index (χ1n) is 10.6. The summed E-state index contributed by atoms with van der Waals surface area (Å²) in [5, 5.41) is 9.73. The van der Waals surface area contributed by atoms with Crippen LogP contribution in [0.2, 0.25) is 0 Å². The van der Waals surface area contributed by atoms with Gasteiger partial charge in [0.1, 0.15) is 11.8 Å². The molecule has 2 fully saturated rings. The first-order chi connectivity index (χ1) is 15.1. The van der Waals surface area contributed by atoms with Gasteiger partial charge in [-0.25, -0.2) is 0 Å². The number of nitrogens with zero attached hydrogens (tertiary/aromatic N) is 4. The summed E-state index contributed by atoms with van der Waals surface area (Å²) in [7, 11) is 1.62. The first kappa shape index (κ1) is 20.9. The molecule has 1 atom stereocenters. The number of anilines is 1. The van der Waals surface area contributed by atoms with Crippen LogP contribution >= 0.6 is 0 Å². The fourth-order valence-corrected chi connectivity index (χ4v) is 4.25. The summed E-state index contributed by atoms with van der Waals surface area (Å²) in [5.41, 5.74) is 2.31. The third kappa shape index (κ3) is 4.39. The summed E-state index contributed by atoms with van der Waals surface area (Å²) in [6, 6.07) is 16.9. The monoisotopic (exact) mass is 418 g/mol. The maximum absolute atomic E-state index is 13.1. The van der Waals surface area contributed by atoms with Crippen LogP contribution in [0.15, 0.2) is 48.5 Å². The number of benzene rings is 2. The van der Waals surface area contributed by atoms with Crippen LogP contribution in [-0.4, -0.2) is 61.4 Å². The Morgan fingerprint density at radius 3 is 2.42 bits per heavy atom. The minimum Gasteiger partial charge on any atom is -0.497 e. The molecule has 2 aromatic rings. The van der Waals surface area contributed by atoms with E-state index in [1.807, 2.05) is 47.4 Å². The number of amides is 2. The van der Waals surface area contributed by atoms with E-state index >= 15 is 0 Å². The lowest BCUT2D eigenvalue weighted by atomic mass is 10.0. The topological polar surface area (TPSA) is 76.9 Å². The molecule has 2 heterocycles. The third-order valence-electron chi connectivity index (χ3n) is 6.00. The highest BCUT2D eigenvalue weighted by molar-refractivity contribution is 5.99. The number of hydrogen-bond acceptors (Lipinski definition) is 5. The largest absolute Gasteiger partial charge is 0.497 e. The number of piperazine rings is 1. The molecule has 2 aromatic carbocycles. The number of ether oxygens (including phenoxy) is 1. The zero-order valence-corrected chi connectivity index (χ0v) is 17.7. The van der Waals surface area contributed by atoms with Gasteiger partial charge in [-0.15, -0.1) is 0 Å². The summed E-state index contributed by atoms with van der Waals surface area (Å²) in [4.78, 5) is 30.8. The molecule has 2 aliphatic rings. The van der Waals surface area contributed by atoms with Gasteiger partial charge in [0, 0.05) is 50.4 Å². The Hall–Kier alpha value is -3.37. The average molecular weight is 418 g/mol. The van der Waals surface area contributed by atoms with Crippen LogP contribution in [0.25, 0.3) is 0 Å². The summed E-state index contributed by atoms with van der Waals surface area (Å²) < 4.78 is 5.19. The third-order valence-corrected chi connectivity index (χ3v) is 6.00. The fraction of sp³-hybridized carbons (Fsp3) is 0.375. The Morgan fingerprint density at radius 2 is 1.81 bits per heavy atom. The van der Waals surface area contributed by atoms with Gasteiger partial charge >= 0.3 is 0 Å². The smallest absolute Gasteiger partial charge is 0.254 e. The molecule has 0 spiro atoms. The van der Waals surface area contributed by atoms with Crippen molar-refractivity contribution < 1.29 is 14.3 Å². The molecule has 160 valence electrons. The van der Waals surface area contributed by atoms with E-state index in [0.29, 0.717) is 44.7 Å². The van der Waals surface area contributed by atoms with Gasteiger partial charge in [-0.3, -0.25) is 14.5 Å². The molecule has 0 aliphatic carbocycles. The van der Waals surface area contributed by atoms with Crippen molar-refractivity contribution in [3.8, 4) is 11.8 Å². The zero-order chi connectivity index (χ0) is 21.8. The van der Waals surface area contributed by atoms with E-state index in [9.17, 15) is 14.9 Å². The lowest BCUT2D eigenvalue weighted by Crippen LogP contribution is -2.49. The molecular formula is C24H26N4O3.